The molecule has 0 aliphatic heterocycles. The molecule has 0 aliphatic carbocycles. The molecule has 20 heavy (non-hydrogen) atoms. The number of anilines is 1. The molecule has 2 aromatic rings. The van der Waals surface area contributed by atoms with Gasteiger partial charge >= 0.3 is 0 Å². The standard InChI is InChI=1S/C13H15BrN4OS/c1-2-9-3-4-10(20-9)7-17-13(19)11-5-8(14)6-16-12(11)18-15/h3-6H,2,7,15H2,1H3,(H,16,18)(H,17,19). The number of hydrogen-bond acceptors (Lipinski definition) is 5. The molecule has 0 aromatic carbocycles. The Morgan fingerprint density at radius 2 is 2.20 bits per heavy atom. The van der Waals surface area contributed by atoms with E-state index in [9.17, 15) is 4.79 Å². The fourth-order valence-electron chi connectivity index (χ4n) is 1.70. The lowest BCUT2D eigenvalue weighted by Crippen LogP contribution is -2.25. The van der Waals surface area contributed by atoms with E-state index in [4.69, 9.17) is 5.84 Å². The van der Waals surface area contributed by atoms with Gasteiger partial charge in [-0.15, -0.1) is 11.3 Å². The Kier molecular flexibility index (Phi) is 5.11. The van der Waals surface area contributed by atoms with Crippen molar-refractivity contribution in [1.29, 1.82) is 0 Å². The van der Waals surface area contributed by atoms with E-state index in [2.05, 4.69) is 44.6 Å². The highest BCUT2D eigenvalue weighted by Crippen LogP contribution is 2.19. The molecule has 0 saturated heterocycles. The number of amides is 1. The van der Waals surface area contributed by atoms with Crippen LogP contribution in [-0.2, 0) is 13.0 Å². The minimum absolute atomic E-state index is 0.210. The number of rotatable bonds is 5. The van der Waals surface area contributed by atoms with E-state index >= 15 is 0 Å². The largest absolute Gasteiger partial charge is 0.347 e. The summed E-state index contributed by atoms with van der Waals surface area (Å²) in [6.45, 7) is 2.61. The molecule has 0 fully saturated rings. The van der Waals surface area contributed by atoms with Gasteiger partial charge in [-0.2, -0.15) is 0 Å². The molecule has 4 N–H and O–H groups in total. The maximum atomic E-state index is 12.2. The van der Waals surface area contributed by atoms with Gasteiger partial charge in [-0.3, -0.25) is 4.79 Å². The number of hydrogen-bond donors (Lipinski definition) is 3. The van der Waals surface area contributed by atoms with Crippen LogP contribution >= 0.6 is 27.3 Å². The molecule has 2 aromatic heterocycles. The molecule has 1 amide bonds. The number of halogens is 1. The smallest absolute Gasteiger partial charge is 0.255 e. The average Bonchev–Trinajstić information content (AvgIpc) is 2.92. The number of aryl methyl sites for hydroxylation is 1. The van der Waals surface area contributed by atoms with Crippen LogP contribution in [0.1, 0.15) is 27.0 Å². The first kappa shape index (κ1) is 15.0. The molecule has 2 heterocycles. The van der Waals surface area contributed by atoms with E-state index in [-0.39, 0.29) is 5.91 Å². The van der Waals surface area contributed by atoms with Gasteiger partial charge in [0.15, 0.2) is 5.82 Å². The Morgan fingerprint density at radius 3 is 2.85 bits per heavy atom. The SMILES string of the molecule is CCc1ccc(CNC(=O)c2cc(Br)cnc2NN)s1. The van der Waals surface area contributed by atoms with Crippen LogP contribution in [0, 0.1) is 0 Å². The number of aromatic nitrogens is 1. The van der Waals surface area contributed by atoms with Crippen molar-refractivity contribution < 1.29 is 4.79 Å². The summed E-state index contributed by atoms with van der Waals surface area (Å²) < 4.78 is 0.728. The summed E-state index contributed by atoms with van der Waals surface area (Å²) in [5, 5.41) is 2.87. The maximum absolute atomic E-state index is 12.2. The van der Waals surface area contributed by atoms with Gasteiger partial charge in [0.25, 0.3) is 5.91 Å². The van der Waals surface area contributed by atoms with Gasteiger partial charge in [0.05, 0.1) is 12.1 Å². The van der Waals surface area contributed by atoms with Gasteiger partial charge < -0.3 is 10.7 Å². The highest BCUT2D eigenvalue weighted by Gasteiger charge is 2.13. The van der Waals surface area contributed by atoms with E-state index in [0.29, 0.717) is 17.9 Å². The van der Waals surface area contributed by atoms with Gasteiger partial charge in [0.1, 0.15) is 0 Å². The van der Waals surface area contributed by atoms with Gasteiger partial charge in [-0.25, -0.2) is 10.8 Å². The van der Waals surface area contributed by atoms with Gasteiger partial charge in [0.2, 0.25) is 0 Å². The Hall–Kier alpha value is -1.44. The predicted molar refractivity (Wildman–Crippen MR) is 84.6 cm³/mol. The molecule has 7 heteroatoms. The average molecular weight is 355 g/mol. The summed E-state index contributed by atoms with van der Waals surface area (Å²) in [5.74, 6) is 5.50. The zero-order chi connectivity index (χ0) is 14.5. The lowest BCUT2D eigenvalue weighted by molar-refractivity contribution is 0.0951. The lowest BCUT2D eigenvalue weighted by atomic mass is 10.2. The number of hydrazine groups is 1. The molecule has 0 atom stereocenters. The van der Waals surface area contributed by atoms with Crippen molar-refractivity contribution >= 4 is 39.0 Å². The molecule has 2 rings (SSSR count). The summed E-state index contributed by atoms with van der Waals surface area (Å²) in [7, 11) is 0. The first-order valence-electron chi connectivity index (χ1n) is 6.12. The first-order chi connectivity index (χ1) is 9.63. The van der Waals surface area contributed by atoms with E-state index in [0.717, 1.165) is 15.8 Å². The molecule has 0 unspecified atom stereocenters. The summed E-state index contributed by atoms with van der Waals surface area (Å²) in [4.78, 5) is 18.6. The lowest BCUT2D eigenvalue weighted by Gasteiger charge is -2.08. The number of carbonyl (C=O) groups is 1. The second-order valence-electron chi connectivity index (χ2n) is 4.10. The summed E-state index contributed by atoms with van der Waals surface area (Å²) in [6, 6.07) is 5.80. The molecule has 5 nitrogen and oxygen atoms in total. The third kappa shape index (κ3) is 3.56. The Morgan fingerprint density at radius 1 is 1.45 bits per heavy atom. The third-order valence-corrected chi connectivity index (χ3v) is 4.39. The molecular formula is C13H15BrN4OS. The number of nitrogen functional groups attached to an aromatic ring is 1. The van der Waals surface area contributed by atoms with Crippen molar-refractivity contribution in [2.75, 3.05) is 5.43 Å². The topological polar surface area (TPSA) is 80.0 Å². The van der Waals surface area contributed by atoms with Gasteiger partial charge in [0, 0.05) is 20.4 Å². The van der Waals surface area contributed by atoms with Crippen LogP contribution in [0.4, 0.5) is 5.82 Å². The molecule has 0 aliphatic rings. The highest BCUT2D eigenvalue weighted by molar-refractivity contribution is 9.10. The summed E-state index contributed by atoms with van der Waals surface area (Å²) >= 11 is 5.00. The van der Waals surface area contributed by atoms with Crippen LogP contribution in [0.3, 0.4) is 0 Å². The third-order valence-electron chi connectivity index (χ3n) is 2.72. The van der Waals surface area contributed by atoms with Crippen LogP contribution in [0.15, 0.2) is 28.9 Å². The normalized spacial score (nSPS) is 10.3. The Balaban J connectivity index is 2.06. The fraction of sp³-hybridized carbons (Fsp3) is 0.231. The van der Waals surface area contributed by atoms with Crippen molar-refractivity contribution in [3.63, 3.8) is 0 Å². The number of nitrogens with zero attached hydrogens (tertiary/aromatic N) is 1. The number of nitrogens with one attached hydrogen (secondary N) is 2. The zero-order valence-corrected chi connectivity index (χ0v) is 13.3. The molecule has 0 radical (unpaired) electrons. The predicted octanol–water partition coefficient (Wildman–Crippen LogP) is 2.68. The van der Waals surface area contributed by atoms with Crippen molar-refractivity contribution in [1.82, 2.24) is 10.3 Å². The minimum atomic E-state index is -0.210. The minimum Gasteiger partial charge on any atom is -0.347 e. The highest BCUT2D eigenvalue weighted by atomic mass is 79.9. The van der Waals surface area contributed by atoms with Crippen LogP contribution in [0.25, 0.3) is 0 Å². The Bertz CT molecular complexity index is 614. The summed E-state index contributed by atoms with van der Waals surface area (Å²) in [5.41, 5.74) is 2.84. The van der Waals surface area contributed by atoms with Crippen molar-refractivity contribution in [3.8, 4) is 0 Å². The second kappa shape index (κ2) is 6.83. The molecular weight excluding hydrogens is 340 g/mol. The van der Waals surface area contributed by atoms with Crippen LogP contribution in [0.5, 0.6) is 0 Å². The van der Waals surface area contributed by atoms with Crippen LogP contribution in [-0.4, -0.2) is 10.9 Å². The monoisotopic (exact) mass is 354 g/mol. The fourth-order valence-corrected chi connectivity index (χ4v) is 2.93. The van der Waals surface area contributed by atoms with E-state index in [1.165, 1.54) is 4.88 Å². The molecule has 0 saturated carbocycles. The maximum Gasteiger partial charge on any atom is 0.255 e. The zero-order valence-electron chi connectivity index (χ0n) is 10.9. The Labute approximate surface area is 129 Å². The van der Waals surface area contributed by atoms with Gasteiger partial charge in [-0.1, -0.05) is 6.92 Å². The number of thiophene rings is 1. The molecule has 0 bridgehead atoms. The van der Waals surface area contributed by atoms with Crippen molar-refractivity contribution in [3.05, 3.63) is 44.2 Å². The van der Waals surface area contributed by atoms with E-state index in [1.54, 1.807) is 23.6 Å². The molecule has 106 valence electrons. The van der Waals surface area contributed by atoms with E-state index in [1.807, 2.05) is 6.07 Å². The number of nitrogens with two attached hydrogens (primary N) is 1. The molecule has 0 spiro atoms. The quantitative estimate of drug-likeness (QED) is 0.569. The van der Waals surface area contributed by atoms with Crippen LogP contribution in [0.2, 0.25) is 0 Å². The number of carbonyl (C=O) groups excluding carboxylic acids is 1. The van der Waals surface area contributed by atoms with Crippen molar-refractivity contribution in [2.24, 2.45) is 5.84 Å². The van der Waals surface area contributed by atoms with E-state index < -0.39 is 0 Å². The number of pyridine rings is 1. The van der Waals surface area contributed by atoms with Gasteiger partial charge in [-0.05, 0) is 40.5 Å². The second-order valence-corrected chi connectivity index (χ2v) is 6.27. The first-order valence-corrected chi connectivity index (χ1v) is 7.73. The van der Waals surface area contributed by atoms with Crippen molar-refractivity contribution in [2.45, 2.75) is 19.9 Å². The van der Waals surface area contributed by atoms with Crippen LogP contribution < -0.4 is 16.6 Å². The summed E-state index contributed by atoms with van der Waals surface area (Å²) in [6.07, 6.45) is 2.59.